The number of nitrogens with one attached hydrogen (secondary N) is 1. The van der Waals surface area contributed by atoms with Crippen LogP contribution in [0.25, 0.3) is 11.5 Å². The zero-order chi connectivity index (χ0) is 16.1. The number of benzene rings is 1. The summed E-state index contributed by atoms with van der Waals surface area (Å²) in [4.78, 5) is 27.5. The van der Waals surface area contributed by atoms with Gasteiger partial charge in [-0.25, -0.2) is 9.78 Å². The van der Waals surface area contributed by atoms with Gasteiger partial charge >= 0.3 is 5.97 Å². The molecular weight excluding hydrogens is 284 g/mol. The van der Waals surface area contributed by atoms with Gasteiger partial charge in [0.2, 0.25) is 5.89 Å². The lowest BCUT2D eigenvalue weighted by molar-refractivity contribution is -0.139. The van der Waals surface area contributed by atoms with Crippen molar-refractivity contribution in [2.75, 3.05) is 0 Å². The molecule has 1 heterocycles. The molecule has 0 aliphatic rings. The van der Waals surface area contributed by atoms with Gasteiger partial charge in [-0.1, -0.05) is 31.5 Å². The number of carbonyl (C=O) groups excluding carboxylic acids is 1. The molecular formula is C16H18N2O4. The topological polar surface area (TPSA) is 92.4 Å². The molecule has 6 heteroatoms. The molecule has 2 aromatic rings. The maximum absolute atomic E-state index is 12.2. The highest BCUT2D eigenvalue weighted by atomic mass is 16.4. The molecule has 0 spiro atoms. The van der Waals surface area contributed by atoms with Crippen LogP contribution >= 0.6 is 0 Å². The van der Waals surface area contributed by atoms with Crippen LogP contribution in [-0.4, -0.2) is 28.0 Å². The fourth-order valence-electron chi connectivity index (χ4n) is 2.08. The molecule has 2 rings (SSSR count). The third kappa shape index (κ3) is 3.52. The fourth-order valence-corrected chi connectivity index (χ4v) is 2.08. The minimum atomic E-state index is -1.06. The normalized spacial score (nSPS) is 11.9. The summed E-state index contributed by atoms with van der Waals surface area (Å²) >= 11 is 0. The van der Waals surface area contributed by atoms with Crippen LogP contribution in [0.1, 0.15) is 36.0 Å². The Labute approximate surface area is 128 Å². The molecule has 0 aliphatic heterocycles. The monoisotopic (exact) mass is 302 g/mol. The van der Waals surface area contributed by atoms with Crippen molar-refractivity contribution in [3.05, 3.63) is 41.8 Å². The van der Waals surface area contributed by atoms with E-state index in [4.69, 9.17) is 9.52 Å². The second-order valence-corrected chi connectivity index (χ2v) is 4.94. The Kier molecular flexibility index (Phi) is 4.93. The highest BCUT2D eigenvalue weighted by Crippen LogP contribution is 2.21. The SMILES string of the molecule is CCCC(NC(=O)c1nc(-c2ccccc2)oc1C)C(=O)O. The van der Waals surface area contributed by atoms with Gasteiger partial charge in [-0.2, -0.15) is 0 Å². The first kappa shape index (κ1) is 15.8. The van der Waals surface area contributed by atoms with Gasteiger partial charge in [0.15, 0.2) is 5.69 Å². The molecule has 22 heavy (non-hydrogen) atoms. The molecule has 0 aliphatic carbocycles. The van der Waals surface area contributed by atoms with Crippen molar-refractivity contribution >= 4 is 11.9 Å². The van der Waals surface area contributed by atoms with E-state index in [9.17, 15) is 9.59 Å². The number of aryl methyl sites for hydroxylation is 1. The molecule has 1 atom stereocenters. The van der Waals surface area contributed by atoms with E-state index in [1.807, 2.05) is 37.3 Å². The lowest BCUT2D eigenvalue weighted by atomic mass is 10.1. The van der Waals surface area contributed by atoms with Crippen molar-refractivity contribution in [1.82, 2.24) is 10.3 Å². The molecule has 116 valence electrons. The van der Waals surface area contributed by atoms with E-state index < -0.39 is 17.9 Å². The smallest absolute Gasteiger partial charge is 0.326 e. The van der Waals surface area contributed by atoms with Crippen molar-refractivity contribution < 1.29 is 19.1 Å². The van der Waals surface area contributed by atoms with Crippen molar-refractivity contribution in [2.45, 2.75) is 32.7 Å². The number of carbonyl (C=O) groups is 2. The molecule has 1 aromatic carbocycles. The van der Waals surface area contributed by atoms with E-state index >= 15 is 0 Å². The van der Waals surface area contributed by atoms with Crippen LogP contribution in [0, 0.1) is 6.92 Å². The first-order valence-corrected chi connectivity index (χ1v) is 7.09. The maximum Gasteiger partial charge on any atom is 0.326 e. The second-order valence-electron chi connectivity index (χ2n) is 4.94. The van der Waals surface area contributed by atoms with Crippen molar-refractivity contribution in [2.24, 2.45) is 0 Å². The van der Waals surface area contributed by atoms with Gasteiger partial charge < -0.3 is 14.8 Å². The number of amides is 1. The van der Waals surface area contributed by atoms with Gasteiger partial charge in [0.05, 0.1) is 0 Å². The first-order chi connectivity index (χ1) is 10.5. The number of nitrogens with zero attached hydrogens (tertiary/aromatic N) is 1. The van der Waals surface area contributed by atoms with E-state index in [0.29, 0.717) is 24.5 Å². The van der Waals surface area contributed by atoms with Gasteiger partial charge in [-0.05, 0) is 25.5 Å². The number of aromatic nitrogens is 1. The largest absolute Gasteiger partial charge is 0.480 e. The highest BCUT2D eigenvalue weighted by Gasteiger charge is 2.24. The van der Waals surface area contributed by atoms with Crippen molar-refractivity contribution in [1.29, 1.82) is 0 Å². The van der Waals surface area contributed by atoms with Crippen LogP contribution in [0.5, 0.6) is 0 Å². The summed E-state index contributed by atoms with van der Waals surface area (Å²) in [5, 5.41) is 11.6. The summed E-state index contributed by atoms with van der Waals surface area (Å²) in [6.07, 6.45) is 1.02. The Hall–Kier alpha value is -2.63. The number of hydrogen-bond acceptors (Lipinski definition) is 4. The van der Waals surface area contributed by atoms with Crippen LogP contribution < -0.4 is 5.32 Å². The van der Waals surface area contributed by atoms with E-state index in [0.717, 1.165) is 5.56 Å². The minimum Gasteiger partial charge on any atom is -0.480 e. The molecule has 0 bridgehead atoms. The van der Waals surface area contributed by atoms with E-state index in [1.54, 1.807) is 6.92 Å². The Morgan fingerprint density at radius 3 is 2.59 bits per heavy atom. The number of oxazole rings is 1. The Morgan fingerprint density at radius 1 is 1.32 bits per heavy atom. The zero-order valence-corrected chi connectivity index (χ0v) is 12.5. The third-order valence-electron chi connectivity index (χ3n) is 3.21. The Bertz CT molecular complexity index is 664. The molecule has 1 unspecified atom stereocenters. The lowest BCUT2D eigenvalue weighted by Gasteiger charge is -2.12. The average molecular weight is 302 g/mol. The number of hydrogen-bond donors (Lipinski definition) is 2. The lowest BCUT2D eigenvalue weighted by Crippen LogP contribution is -2.41. The van der Waals surface area contributed by atoms with Crippen LogP contribution in [0.15, 0.2) is 34.7 Å². The third-order valence-corrected chi connectivity index (χ3v) is 3.21. The summed E-state index contributed by atoms with van der Waals surface area (Å²) in [6, 6.07) is 8.28. The average Bonchev–Trinajstić information content (AvgIpc) is 2.89. The highest BCUT2D eigenvalue weighted by molar-refractivity contribution is 5.96. The molecule has 1 amide bonds. The van der Waals surface area contributed by atoms with Crippen LogP contribution in [-0.2, 0) is 4.79 Å². The van der Waals surface area contributed by atoms with Crippen LogP contribution in [0.4, 0.5) is 0 Å². The molecule has 0 saturated heterocycles. The van der Waals surface area contributed by atoms with Gasteiger partial charge in [0, 0.05) is 5.56 Å². The summed E-state index contributed by atoms with van der Waals surface area (Å²) in [5.74, 6) is -0.897. The fraction of sp³-hybridized carbons (Fsp3) is 0.312. The molecule has 6 nitrogen and oxygen atoms in total. The zero-order valence-electron chi connectivity index (χ0n) is 12.5. The Morgan fingerprint density at radius 2 is 2.00 bits per heavy atom. The van der Waals surface area contributed by atoms with Crippen LogP contribution in [0.2, 0.25) is 0 Å². The molecule has 2 N–H and O–H groups in total. The van der Waals surface area contributed by atoms with Gasteiger partial charge in [-0.3, -0.25) is 4.79 Å². The molecule has 0 fully saturated rings. The van der Waals surface area contributed by atoms with Gasteiger partial charge in [-0.15, -0.1) is 0 Å². The number of carboxylic acid groups (broad SMARTS) is 1. The summed E-state index contributed by atoms with van der Waals surface area (Å²) < 4.78 is 5.50. The maximum atomic E-state index is 12.2. The first-order valence-electron chi connectivity index (χ1n) is 7.09. The van der Waals surface area contributed by atoms with E-state index in [2.05, 4.69) is 10.3 Å². The second kappa shape index (κ2) is 6.89. The summed E-state index contributed by atoms with van der Waals surface area (Å²) in [6.45, 7) is 3.49. The number of rotatable bonds is 6. The molecule has 1 aromatic heterocycles. The summed E-state index contributed by atoms with van der Waals surface area (Å²) in [5.41, 5.74) is 0.870. The van der Waals surface area contributed by atoms with E-state index in [1.165, 1.54) is 0 Å². The molecule has 0 radical (unpaired) electrons. The summed E-state index contributed by atoms with van der Waals surface area (Å²) in [7, 11) is 0. The number of aliphatic carboxylic acids is 1. The predicted octanol–water partition coefficient (Wildman–Crippen LogP) is 2.63. The van der Waals surface area contributed by atoms with Gasteiger partial charge in [0.1, 0.15) is 11.8 Å². The van der Waals surface area contributed by atoms with Crippen LogP contribution in [0.3, 0.4) is 0 Å². The van der Waals surface area contributed by atoms with Crippen molar-refractivity contribution in [3.8, 4) is 11.5 Å². The minimum absolute atomic E-state index is 0.112. The van der Waals surface area contributed by atoms with Crippen molar-refractivity contribution in [3.63, 3.8) is 0 Å². The predicted molar refractivity (Wildman–Crippen MR) is 80.5 cm³/mol. The number of carboxylic acids is 1. The molecule has 0 saturated carbocycles. The van der Waals surface area contributed by atoms with E-state index in [-0.39, 0.29) is 5.69 Å². The standard InChI is InChI=1S/C16H18N2O4/c1-3-7-12(16(20)21)17-14(19)13-10(2)22-15(18-13)11-8-5-4-6-9-11/h4-6,8-9,12H,3,7H2,1-2H3,(H,17,19)(H,20,21). The Balaban J connectivity index is 2.20. The van der Waals surface area contributed by atoms with Gasteiger partial charge in [0.25, 0.3) is 5.91 Å². The quantitative estimate of drug-likeness (QED) is 0.855.